The van der Waals surface area contributed by atoms with Crippen LogP contribution in [0.3, 0.4) is 0 Å². The van der Waals surface area contributed by atoms with E-state index in [1.165, 1.54) is 42.1 Å². The number of benzene rings is 2. The number of anilines is 1. The molecule has 0 unspecified atom stereocenters. The van der Waals surface area contributed by atoms with Gasteiger partial charge in [-0.2, -0.15) is 0 Å². The van der Waals surface area contributed by atoms with Gasteiger partial charge >= 0.3 is 0 Å². The number of aromatic nitrogens is 3. The topological polar surface area (TPSA) is 88.9 Å². The molecule has 0 saturated heterocycles. The van der Waals surface area contributed by atoms with Crippen LogP contribution < -0.4 is 10.6 Å². The third-order valence-electron chi connectivity index (χ3n) is 4.31. The number of nitrogens with one attached hydrogen (secondary N) is 2. The van der Waals surface area contributed by atoms with E-state index in [1.807, 2.05) is 18.2 Å². The average Bonchev–Trinajstić information content (AvgIpc) is 3.19. The largest absolute Gasteiger partial charge is 0.345 e. The van der Waals surface area contributed by atoms with E-state index < -0.39 is 0 Å². The molecular weight excluding hydrogens is 465 g/mol. The van der Waals surface area contributed by atoms with E-state index in [-0.39, 0.29) is 29.9 Å². The number of carbonyl (C=O) groups is 2. The summed E-state index contributed by atoms with van der Waals surface area (Å²) in [6.45, 7) is 4.30. The first-order valence-corrected chi connectivity index (χ1v) is 11.2. The third-order valence-corrected chi connectivity index (χ3v) is 5.62. The van der Waals surface area contributed by atoms with Gasteiger partial charge in [0.15, 0.2) is 11.0 Å². The van der Waals surface area contributed by atoms with Gasteiger partial charge in [0.05, 0.1) is 12.3 Å². The molecule has 0 aliphatic rings. The molecule has 2 N–H and O–H groups in total. The molecule has 0 bridgehead atoms. The molecule has 0 radical (unpaired) electrons. The second kappa shape index (κ2) is 12.0. The number of halogens is 2. The fourth-order valence-electron chi connectivity index (χ4n) is 2.73. The molecule has 0 spiro atoms. The third kappa shape index (κ3) is 7.30. The van der Waals surface area contributed by atoms with Crippen molar-refractivity contribution in [2.24, 2.45) is 0 Å². The molecule has 33 heavy (non-hydrogen) atoms. The minimum Gasteiger partial charge on any atom is -0.345 e. The van der Waals surface area contributed by atoms with Gasteiger partial charge in [0.25, 0.3) is 0 Å². The summed E-state index contributed by atoms with van der Waals surface area (Å²) in [7, 11) is 0. The molecule has 3 rings (SSSR count). The summed E-state index contributed by atoms with van der Waals surface area (Å²) < 4.78 is 14.7. The summed E-state index contributed by atoms with van der Waals surface area (Å²) in [6, 6.07) is 12.7. The minimum absolute atomic E-state index is 0.0829. The Morgan fingerprint density at radius 1 is 1.15 bits per heavy atom. The molecule has 0 aliphatic carbocycles. The van der Waals surface area contributed by atoms with Gasteiger partial charge in [-0.1, -0.05) is 47.6 Å². The Morgan fingerprint density at radius 3 is 2.64 bits per heavy atom. The lowest BCUT2D eigenvalue weighted by Crippen LogP contribution is -2.23. The monoisotopic (exact) mass is 485 g/mol. The summed E-state index contributed by atoms with van der Waals surface area (Å²) in [6.07, 6.45) is 4.70. The average molecular weight is 486 g/mol. The SMILES string of the molecule is C=CCn1c(CNC(=O)C=Cc2ccccc2Cl)nnc1SCC(=O)Nc1ccc(F)cc1. The minimum atomic E-state index is -0.376. The normalized spacial score (nSPS) is 10.8. The molecule has 3 aromatic rings. The van der Waals surface area contributed by atoms with E-state index in [9.17, 15) is 14.0 Å². The van der Waals surface area contributed by atoms with Crippen LogP contribution in [0.15, 0.2) is 72.4 Å². The van der Waals surface area contributed by atoms with Gasteiger partial charge in [-0.15, -0.1) is 16.8 Å². The summed E-state index contributed by atoms with van der Waals surface area (Å²) in [4.78, 5) is 24.4. The van der Waals surface area contributed by atoms with Crippen molar-refractivity contribution >= 4 is 46.9 Å². The predicted molar refractivity (Wildman–Crippen MR) is 128 cm³/mol. The van der Waals surface area contributed by atoms with E-state index in [0.29, 0.717) is 28.2 Å². The van der Waals surface area contributed by atoms with Crippen LogP contribution in [0, 0.1) is 5.82 Å². The summed E-state index contributed by atoms with van der Waals surface area (Å²) in [5.41, 5.74) is 1.24. The van der Waals surface area contributed by atoms with Crippen molar-refractivity contribution in [2.45, 2.75) is 18.2 Å². The zero-order valence-corrected chi connectivity index (χ0v) is 19.1. The van der Waals surface area contributed by atoms with Crippen LogP contribution in [0.2, 0.25) is 5.02 Å². The maximum absolute atomic E-state index is 13.0. The van der Waals surface area contributed by atoms with Crippen LogP contribution in [-0.2, 0) is 22.7 Å². The van der Waals surface area contributed by atoms with Crippen LogP contribution in [0.5, 0.6) is 0 Å². The molecule has 10 heteroatoms. The Labute approximate surface area is 199 Å². The molecule has 0 atom stereocenters. The summed E-state index contributed by atoms with van der Waals surface area (Å²) >= 11 is 7.28. The molecule has 1 aromatic heterocycles. The molecule has 7 nitrogen and oxygen atoms in total. The second-order valence-corrected chi connectivity index (χ2v) is 8.06. The van der Waals surface area contributed by atoms with Gasteiger partial charge in [0, 0.05) is 23.3 Å². The Balaban J connectivity index is 1.56. The van der Waals surface area contributed by atoms with Crippen molar-refractivity contribution in [2.75, 3.05) is 11.1 Å². The second-order valence-electron chi connectivity index (χ2n) is 6.71. The zero-order chi connectivity index (χ0) is 23.6. The van der Waals surface area contributed by atoms with Crippen LogP contribution in [-0.4, -0.2) is 32.3 Å². The first kappa shape index (κ1) is 24.2. The van der Waals surface area contributed by atoms with Crippen LogP contribution in [0.1, 0.15) is 11.4 Å². The fraction of sp³-hybridized carbons (Fsp3) is 0.130. The summed E-state index contributed by atoms with van der Waals surface area (Å²) in [5, 5.41) is 14.8. The number of hydrogen-bond acceptors (Lipinski definition) is 5. The predicted octanol–water partition coefficient (Wildman–Crippen LogP) is 4.32. The molecule has 0 saturated carbocycles. The number of amides is 2. The van der Waals surface area contributed by atoms with E-state index in [1.54, 1.807) is 22.8 Å². The van der Waals surface area contributed by atoms with Crippen molar-refractivity contribution in [1.29, 1.82) is 0 Å². The number of hydrogen-bond donors (Lipinski definition) is 2. The van der Waals surface area contributed by atoms with Crippen molar-refractivity contribution < 1.29 is 14.0 Å². The maximum atomic E-state index is 13.0. The van der Waals surface area contributed by atoms with Crippen LogP contribution >= 0.6 is 23.4 Å². The number of carbonyl (C=O) groups excluding carboxylic acids is 2. The molecule has 1 heterocycles. The molecule has 0 fully saturated rings. The van der Waals surface area contributed by atoms with Crippen molar-refractivity contribution in [3.05, 3.63) is 89.5 Å². The molecule has 2 amide bonds. The Kier molecular flexibility index (Phi) is 8.79. The van der Waals surface area contributed by atoms with Gasteiger partial charge in [-0.25, -0.2) is 4.39 Å². The van der Waals surface area contributed by atoms with Gasteiger partial charge in [-0.05, 0) is 42.0 Å². The van der Waals surface area contributed by atoms with Gasteiger partial charge in [0.1, 0.15) is 5.82 Å². The standard InChI is InChI=1S/C23H21ClFN5O2S/c1-2-13-30-20(14-26-21(31)12-7-16-5-3-4-6-19(16)24)28-29-23(30)33-15-22(32)27-18-10-8-17(25)9-11-18/h2-12H,1,13-15H2,(H,26,31)(H,27,32). The lowest BCUT2D eigenvalue weighted by Gasteiger charge is -2.08. The molecule has 0 aliphatic heterocycles. The first-order valence-electron chi connectivity index (χ1n) is 9.88. The smallest absolute Gasteiger partial charge is 0.244 e. The Hall–Kier alpha value is -3.43. The number of nitrogens with zero attached hydrogens (tertiary/aromatic N) is 3. The van der Waals surface area contributed by atoms with Crippen molar-refractivity contribution in [3.8, 4) is 0 Å². The van der Waals surface area contributed by atoms with Crippen LogP contribution in [0.25, 0.3) is 6.08 Å². The van der Waals surface area contributed by atoms with E-state index in [0.717, 1.165) is 5.56 Å². The lowest BCUT2D eigenvalue weighted by atomic mass is 10.2. The highest BCUT2D eigenvalue weighted by atomic mass is 35.5. The van der Waals surface area contributed by atoms with Gasteiger partial charge in [0.2, 0.25) is 11.8 Å². The van der Waals surface area contributed by atoms with Crippen LogP contribution in [0.4, 0.5) is 10.1 Å². The van der Waals surface area contributed by atoms with Gasteiger partial charge in [-0.3, -0.25) is 9.59 Å². The lowest BCUT2D eigenvalue weighted by molar-refractivity contribution is -0.116. The molecule has 2 aromatic carbocycles. The zero-order valence-electron chi connectivity index (χ0n) is 17.5. The molecule has 170 valence electrons. The summed E-state index contributed by atoms with van der Waals surface area (Å²) in [5.74, 6) is -0.343. The maximum Gasteiger partial charge on any atom is 0.244 e. The van der Waals surface area contributed by atoms with Crippen molar-refractivity contribution in [3.63, 3.8) is 0 Å². The van der Waals surface area contributed by atoms with E-state index in [2.05, 4.69) is 27.4 Å². The Morgan fingerprint density at radius 2 is 1.91 bits per heavy atom. The Bertz CT molecular complexity index is 1160. The highest BCUT2D eigenvalue weighted by molar-refractivity contribution is 7.99. The van der Waals surface area contributed by atoms with Crippen molar-refractivity contribution in [1.82, 2.24) is 20.1 Å². The highest BCUT2D eigenvalue weighted by Crippen LogP contribution is 2.19. The first-order chi connectivity index (χ1) is 16.0. The van der Waals surface area contributed by atoms with E-state index >= 15 is 0 Å². The van der Waals surface area contributed by atoms with E-state index in [4.69, 9.17) is 11.6 Å². The fourth-order valence-corrected chi connectivity index (χ4v) is 3.70. The number of rotatable bonds is 10. The highest BCUT2D eigenvalue weighted by Gasteiger charge is 2.14. The number of allylic oxidation sites excluding steroid dienone is 1. The number of thioether (sulfide) groups is 1. The molecular formula is C23H21ClFN5O2S. The van der Waals surface area contributed by atoms with Gasteiger partial charge < -0.3 is 15.2 Å². The quantitative estimate of drug-likeness (QED) is 0.254.